The molecule has 10 nitrogen and oxygen atoms in total. The van der Waals surface area contributed by atoms with Crippen molar-refractivity contribution in [3.63, 3.8) is 0 Å². The Bertz CT molecular complexity index is 1630. The first-order valence-corrected chi connectivity index (χ1v) is 13.7. The Labute approximate surface area is 239 Å². The number of nitriles is 1. The molecule has 41 heavy (non-hydrogen) atoms. The summed E-state index contributed by atoms with van der Waals surface area (Å²) >= 11 is 0. The number of hydrogen-bond donors (Lipinski definition) is 0. The van der Waals surface area contributed by atoms with Crippen molar-refractivity contribution in [3.8, 4) is 11.8 Å². The summed E-state index contributed by atoms with van der Waals surface area (Å²) in [4.78, 5) is 38.3. The lowest BCUT2D eigenvalue weighted by molar-refractivity contribution is -0.148. The van der Waals surface area contributed by atoms with Gasteiger partial charge in [0.15, 0.2) is 6.73 Å². The molecular formula is C31H34N6O4. The number of esters is 1. The highest BCUT2D eigenvalue weighted by Crippen LogP contribution is 2.30. The number of aromatic nitrogens is 3. The van der Waals surface area contributed by atoms with Crippen LogP contribution in [0, 0.1) is 17.2 Å². The molecule has 0 N–H and O–H groups in total. The predicted molar refractivity (Wildman–Crippen MR) is 155 cm³/mol. The second-order valence-electron chi connectivity index (χ2n) is 10.6. The van der Waals surface area contributed by atoms with E-state index in [1.807, 2.05) is 68.7 Å². The Hall–Kier alpha value is -4.65. The van der Waals surface area contributed by atoms with Crippen molar-refractivity contribution in [2.24, 2.45) is 5.92 Å². The Morgan fingerprint density at radius 2 is 1.95 bits per heavy atom. The van der Waals surface area contributed by atoms with E-state index in [2.05, 4.69) is 21.8 Å². The van der Waals surface area contributed by atoms with Gasteiger partial charge in [0.25, 0.3) is 0 Å². The van der Waals surface area contributed by atoms with Gasteiger partial charge in [-0.05, 0) is 53.8 Å². The van der Waals surface area contributed by atoms with Crippen LogP contribution in [0.3, 0.4) is 0 Å². The molecule has 0 bridgehead atoms. The second-order valence-corrected chi connectivity index (χ2v) is 10.6. The number of piperidine rings is 1. The van der Waals surface area contributed by atoms with Crippen LogP contribution in [0.25, 0.3) is 21.8 Å². The maximum Gasteiger partial charge on any atom is 0.314 e. The highest BCUT2D eigenvalue weighted by molar-refractivity contribution is 5.89. The Kier molecular flexibility index (Phi) is 8.06. The molecule has 5 rings (SSSR count). The molecule has 0 aliphatic carbocycles. The van der Waals surface area contributed by atoms with E-state index >= 15 is 0 Å². The van der Waals surface area contributed by atoms with E-state index in [0.29, 0.717) is 24.7 Å². The zero-order valence-corrected chi connectivity index (χ0v) is 23.8. The molecule has 1 aliphatic heterocycles. The molecule has 1 aliphatic rings. The number of fused-ring (bicyclic) bond motifs is 2. The van der Waals surface area contributed by atoms with Gasteiger partial charge >= 0.3 is 5.97 Å². The van der Waals surface area contributed by atoms with Crippen LogP contribution >= 0.6 is 0 Å². The summed E-state index contributed by atoms with van der Waals surface area (Å²) in [5, 5.41) is 11.8. The lowest BCUT2D eigenvalue weighted by Crippen LogP contribution is -2.52. The molecular weight excluding hydrogens is 520 g/mol. The van der Waals surface area contributed by atoms with Gasteiger partial charge in [-0.2, -0.15) is 5.26 Å². The number of amides is 1. The summed E-state index contributed by atoms with van der Waals surface area (Å²) in [5.74, 6) is 0.946. The van der Waals surface area contributed by atoms with Crippen molar-refractivity contribution in [1.82, 2.24) is 19.4 Å². The number of methoxy groups -OCH3 is 1. The maximum atomic E-state index is 13.0. The van der Waals surface area contributed by atoms with Crippen LogP contribution in [0.5, 0.6) is 5.75 Å². The standard InChI is InChI=1S/C31H34N6O4/c1-20-10-13-36(28(38)9-12-32)17-27(20)35(3)29-26-11-14-37(30(26)34-18-33-29)19-41-31(39)21(2)22-5-6-24-16-25(40-4)8-7-23(24)15-22/h5-8,11,14-16,18,20-21,27H,9-10,13,17,19H2,1-4H3/t20-,21+,27?/m1/s1. The van der Waals surface area contributed by atoms with E-state index in [1.54, 1.807) is 16.6 Å². The van der Waals surface area contributed by atoms with Crippen molar-refractivity contribution in [1.29, 1.82) is 5.26 Å². The molecule has 1 unspecified atom stereocenters. The molecule has 3 atom stereocenters. The smallest absolute Gasteiger partial charge is 0.314 e. The Morgan fingerprint density at radius 3 is 2.73 bits per heavy atom. The van der Waals surface area contributed by atoms with Crippen LogP contribution in [0.4, 0.5) is 5.82 Å². The van der Waals surface area contributed by atoms with E-state index in [4.69, 9.17) is 14.7 Å². The number of carbonyl (C=O) groups is 2. The van der Waals surface area contributed by atoms with Gasteiger partial charge in [-0.25, -0.2) is 9.97 Å². The van der Waals surface area contributed by atoms with Crippen LogP contribution in [0.1, 0.15) is 38.2 Å². The minimum atomic E-state index is -0.445. The predicted octanol–water partition coefficient (Wildman–Crippen LogP) is 4.48. The number of rotatable bonds is 8. The molecule has 1 saturated heterocycles. The molecule has 10 heteroatoms. The quantitative estimate of drug-likeness (QED) is 0.293. The molecule has 3 heterocycles. The fourth-order valence-electron chi connectivity index (χ4n) is 5.52. The molecule has 212 valence electrons. The van der Waals surface area contributed by atoms with Gasteiger partial charge in [0.2, 0.25) is 5.91 Å². The van der Waals surface area contributed by atoms with E-state index in [0.717, 1.165) is 39.7 Å². The van der Waals surface area contributed by atoms with E-state index < -0.39 is 5.92 Å². The van der Waals surface area contributed by atoms with Gasteiger partial charge in [-0.15, -0.1) is 0 Å². The largest absolute Gasteiger partial charge is 0.497 e. The first-order valence-electron chi connectivity index (χ1n) is 13.7. The third-order valence-electron chi connectivity index (χ3n) is 8.14. The summed E-state index contributed by atoms with van der Waals surface area (Å²) in [6.45, 7) is 5.21. The third-order valence-corrected chi connectivity index (χ3v) is 8.14. The molecule has 4 aromatic rings. The zero-order valence-electron chi connectivity index (χ0n) is 23.8. The monoisotopic (exact) mass is 554 g/mol. The van der Waals surface area contributed by atoms with Crippen LogP contribution in [-0.4, -0.2) is 64.6 Å². The topological polar surface area (TPSA) is 114 Å². The fraction of sp³-hybridized carbons (Fsp3) is 0.387. The van der Waals surface area contributed by atoms with E-state index in [9.17, 15) is 9.59 Å². The fourth-order valence-corrected chi connectivity index (χ4v) is 5.52. The van der Waals surface area contributed by atoms with Crippen LogP contribution < -0.4 is 9.64 Å². The number of likely N-dealkylation sites (N-methyl/N-ethyl adjacent to an activating group) is 1. The lowest BCUT2D eigenvalue weighted by Gasteiger charge is -2.42. The van der Waals surface area contributed by atoms with Crippen LogP contribution in [0.15, 0.2) is 55.0 Å². The van der Waals surface area contributed by atoms with Crippen molar-refractivity contribution >= 4 is 39.5 Å². The summed E-state index contributed by atoms with van der Waals surface area (Å²) in [6.07, 6.45) is 4.08. The second kappa shape index (κ2) is 11.8. The van der Waals surface area contributed by atoms with Gasteiger partial charge in [0.05, 0.1) is 30.5 Å². The van der Waals surface area contributed by atoms with E-state index in [1.165, 1.54) is 6.33 Å². The number of anilines is 1. The van der Waals surface area contributed by atoms with Crippen molar-refractivity contribution in [2.75, 3.05) is 32.1 Å². The number of hydrogen-bond acceptors (Lipinski definition) is 8. The van der Waals surface area contributed by atoms with Gasteiger partial charge in [-0.3, -0.25) is 14.2 Å². The van der Waals surface area contributed by atoms with Gasteiger partial charge in [0, 0.05) is 26.3 Å². The minimum absolute atomic E-state index is 0.0217. The SMILES string of the molecule is COc1ccc2cc([C@H](C)C(=O)OCn3ccc4c(N(C)C5CN(C(=O)CC#N)CC[C@H]5C)ncnc43)ccc2c1. The van der Waals surface area contributed by atoms with Gasteiger partial charge < -0.3 is 19.3 Å². The van der Waals surface area contributed by atoms with Crippen molar-refractivity contribution < 1.29 is 19.1 Å². The summed E-state index contributed by atoms with van der Waals surface area (Å²) in [7, 11) is 3.61. The first-order chi connectivity index (χ1) is 19.8. The molecule has 2 aromatic heterocycles. The maximum absolute atomic E-state index is 13.0. The highest BCUT2D eigenvalue weighted by atomic mass is 16.5. The summed E-state index contributed by atoms with van der Waals surface area (Å²) in [6, 6.07) is 15.7. The molecule has 1 fully saturated rings. The molecule has 1 amide bonds. The minimum Gasteiger partial charge on any atom is -0.497 e. The zero-order chi connectivity index (χ0) is 29.1. The normalized spacial score (nSPS) is 17.7. The molecule has 0 spiro atoms. The van der Waals surface area contributed by atoms with Crippen molar-refractivity contribution in [3.05, 3.63) is 60.6 Å². The molecule has 2 aromatic carbocycles. The summed E-state index contributed by atoms with van der Waals surface area (Å²) in [5.41, 5.74) is 1.53. The Morgan fingerprint density at radius 1 is 1.17 bits per heavy atom. The Balaban J connectivity index is 1.29. The number of nitrogens with zero attached hydrogens (tertiary/aromatic N) is 6. The van der Waals surface area contributed by atoms with Gasteiger partial charge in [0.1, 0.15) is 30.0 Å². The average Bonchev–Trinajstić information content (AvgIpc) is 3.42. The van der Waals surface area contributed by atoms with Crippen LogP contribution in [0.2, 0.25) is 0 Å². The molecule has 0 saturated carbocycles. The van der Waals surface area contributed by atoms with Crippen LogP contribution in [-0.2, 0) is 21.1 Å². The van der Waals surface area contributed by atoms with E-state index in [-0.39, 0.29) is 31.1 Å². The summed E-state index contributed by atoms with van der Waals surface area (Å²) < 4.78 is 12.8. The number of likely N-dealkylation sites (tertiary alicyclic amines) is 1. The first kappa shape index (κ1) is 27.9. The molecule has 0 radical (unpaired) electrons. The third kappa shape index (κ3) is 5.66. The highest BCUT2D eigenvalue weighted by Gasteiger charge is 2.32. The van der Waals surface area contributed by atoms with Gasteiger partial charge in [-0.1, -0.05) is 31.2 Å². The number of carbonyl (C=O) groups excluding carboxylic acids is 2. The number of benzene rings is 2. The van der Waals surface area contributed by atoms with Crippen molar-refractivity contribution in [2.45, 2.75) is 45.4 Å². The average molecular weight is 555 g/mol. The lowest BCUT2D eigenvalue weighted by atomic mass is 9.92. The number of ether oxygens (including phenoxy) is 2.